The van der Waals surface area contributed by atoms with E-state index in [0.717, 1.165) is 25.9 Å². The van der Waals surface area contributed by atoms with Crippen molar-refractivity contribution in [3.63, 3.8) is 0 Å². The van der Waals surface area contributed by atoms with Crippen LogP contribution in [0.25, 0.3) is 0 Å². The van der Waals surface area contributed by atoms with Crippen LogP contribution in [0.15, 0.2) is 0 Å². The van der Waals surface area contributed by atoms with E-state index in [1.54, 1.807) is 0 Å². The van der Waals surface area contributed by atoms with E-state index in [0.29, 0.717) is 13.0 Å². The number of amides is 1. The molecule has 1 saturated heterocycles. The molecule has 3 N–H and O–H groups in total. The van der Waals surface area contributed by atoms with Gasteiger partial charge in [0.1, 0.15) is 0 Å². The number of rotatable bonds is 5. The van der Waals surface area contributed by atoms with Crippen molar-refractivity contribution < 1.29 is 9.53 Å². The second-order valence-electron chi connectivity index (χ2n) is 4.00. The molecular weight excluding hydrogens is 180 g/mol. The highest BCUT2D eigenvalue weighted by Gasteiger charge is 2.17. The monoisotopic (exact) mass is 200 g/mol. The van der Waals surface area contributed by atoms with Gasteiger partial charge in [0.15, 0.2) is 0 Å². The molecule has 0 aliphatic carbocycles. The maximum Gasteiger partial charge on any atom is 0.220 e. The van der Waals surface area contributed by atoms with Crippen LogP contribution in [0, 0.1) is 0 Å². The van der Waals surface area contributed by atoms with E-state index in [9.17, 15) is 4.79 Å². The molecule has 1 heterocycles. The van der Waals surface area contributed by atoms with E-state index in [2.05, 4.69) is 5.32 Å². The molecule has 0 bridgehead atoms. The average Bonchev–Trinajstić information content (AvgIpc) is 2.56. The summed E-state index contributed by atoms with van der Waals surface area (Å²) in [6.07, 6.45) is 3.31. The van der Waals surface area contributed by atoms with Crippen LogP contribution in [0.4, 0.5) is 0 Å². The first-order chi connectivity index (χ1) is 6.68. The molecule has 0 aromatic rings. The molecule has 1 aliphatic heterocycles. The molecule has 2 atom stereocenters. The van der Waals surface area contributed by atoms with Gasteiger partial charge >= 0.3 is 0 Å². The van der Waals surface area contributed by atoms with Crippen LogP contribution >= 0.6 is 0 Å². The topological polar surface area (TPSA) is 64.4 Å². The normalized spacial score (nSPS) is 23.4. The Morgan fingerprint density at radius 3 is 3.07 bits per heavy atom. The van der Waals surface area contributed by atoms with Gasteiger partial charge < -0.3 is 15.8 Å². The summed E-state index contributed by atoms with van der Waals surface area (Å²) in [6.45, 7) is 3.40. The predicted octanol–water partition coefficient (Wildman–Crippen LogP) is 0.409. The third-order valence-electron chi connectivity index (χ3n) is 2.36. The van der Waals surface area contributed by atoms with Crippen LogP contribution in [0.3, 0.4) is 0 Å². The molecule has 82 valence electrons. The molecule has 14 heavy (non-hydrogen) atoms. The van der Waals surface area contributed by atoms with E-state index in [1.165, 1.54) is 0 Å². The summed E-state index contributed by atoms with van der Waals surface area (Å²) in [5.41, 5.74) is 5.59. The standard InChI is InChI=1S/C10H20N2O2/c1-8(11)3-2-4-10(13)12-9-5-6-14-7-9/h8-9H,2-7,11H2,1H3,(H,12,13). The first kappa shape index (κ1) is 11.5. The van der Waals surface area contributed by atoms with Gasteiger partial charge in [0.05, 0.1) is 12.6 Å². The SMILES string of the molecule is CC(N)CCCC(=O)NC1CCOC1. The van der Waals surface area contributed by atoms with Gasteiger partial charge in [0.2, 0.25) is 5.91 Å². The van der Waals surface area contributed by atoms with Crippen molar-refractivity contribution in [2.75, 3.05) is 13.2 Å². The molecule has 0 radical (unpaired) electrons. The van der Waals surface area contributed by atoms with Gasteiger partial charge in [-0.15, -0.1) is 0 Å². The third kappa shape index (κ3) is 4.58. The van der Waals surface area contributed by atoms with Crippen LogP contribution in [0.2, 0.25) is 0 Å². The van der Waals surface area contributed by atoms with E-state index < -0.39 is 0 Å². The minimum atomic E-state index is 0.126. The molecular formula is C10H20N2O2. The fourth-order valence-corrected chi connectivity index (χ4v) is 1.53. The van der Waals surface area contributed by atoms with Crippen molar-refractivity contribution >= 4 is 5.91 Å². The van der Waals surface area contributed by atoms with E-state index >= 15 is 0 Å². The minimum absolute atomic E-state index is 0.126. The average molecular weight is 200 g/mol. The molecule has 2 unspecified atom stereocenters. The lowest BCUT2D eigenvalue weighted by Gasteiger charge is -2.10. The molecule has 1 amide bonds. The maximum absolute atomic E-state index is 11.4. The summed E-state index contributed by atoms with van der Waals surface area (Å²) >= 11 is 0. The second kappa shape index (κ2) is 5.98. The second-order valence-corrected chi connectivity index (χ2v) is 4.00. The molecule has 1 fully saturated rings. The molecule has 1 aliphatic rings. The quantitative estimate of drug-likeness (QED) is 0.675. The van der Waals surface area contributed by atoms with Crippen molar-refractivity contribution in [1.29, 1.82) is 0 Å². The Labute approximate surface area is 85.2 Å². The van der Waals surface area contributed by atoms with Gasteiger partial charge in [-0.3, -0.25) is 4.79 Å². The molecule has 0 aromatic heterocycles. The number of hydrogen-bond acceptors (Lipinski definition) is 3. The van der Waals surface area contributed by atoms with E-state index in [4.69, 9.17) is 10.5 Å². The van der Waals surface area contributed by atoms with Gasteiger partial charge in [-0.2, -0.15) is 0 Å². The number of ether oxygens (including phenoxy) is 1. The lowest BCUT2D eigenvalue weighted by molar-refractivity contribution is -0.121. The zero-order chi connectivity index (χ0) is 10.4. The van der Waals surface area contributed by atoms with Crippen LogP contribution in [0.1, 0.15) is 32.6 Å². The van der Waals surface area contributed by atoms with Crippen LogP contribution in [0.5, 0.6) is 0 Å². The molecule has 4 heteroatoms. The lowest BCUT2D eigenvalue weighted by atomic mass is 10.1. The van der Waals surface area contributed by atoms with Gasteiger partial charge in [0.25, 0.3) is 0 Å². The molecule has 0 spiro atoms. The fraction of sp³-hybridized carbons (Fsp3) is 0.900. The van der Waals surface area contributed by atoms with Gasteiger partial charge in [-0.1, -0.05) is 0 Å². The predicted molar refractivity (Wildman–Crippen MR) is 54.9 cm³/mol. The Bertz CT molecular complexity index is 177. The molecule has 4 nitrogen and oxygen atoms in total. The summed E-state index contributed by atoms with van der Waals surface area (Å²) in [4.78, 5) is 11.4. The highest BCUT2D eigenvalue weighted by molar-refractivity contribution is 5.76. The Morgan fingerprint density at radius 2 is 2.50 bits per heavy atom. The maximum atomic E-state index is 11.4. The molecule has 0 saturated carbocycles. The summed E-state index contributed by atoms with van der Waals surface area (Å²) in [6, 6.07) is 0.426. The van der Waals surface area contributed by atoms with Crippen molar-refractivity contribution in [3.8, 4) is 0 Å². The summed E-state index contributed by atoms with van der Waals surface area (Å²) in [7, 11) is 0. The lowest BCUT2D eigenvalue weighted by Crippen LogP contribution is -2.34. The zero-order valence-electron chi connectivity index (χ0n) is 8.79. The first-order valence-electron chi connectivity index (χ1n) is 5.31. The summed E-state index contributed by atoms with van der Waals surface area (Å²) < 4.78 is 5.17. The van der Waals surface area contributed by atoms with Crippen molar-refractivity contribution in [2.45, 2.75) is 44.7 Å². The largest absolute Gasteiger partial charge is 0.379 e. The van der Waals surface area contributed by atoms with Gasteiger partial charge in [-0.05, 0) is 26.2 Å². The summed E-state index contributed by atoms with van der Waals surface area (Å²) in [5, 5.41) is 2.95. The minimum Gasteiger partial charge on any atom is -0.379 e. The number of carbonyl (C=O) groups excluding carboxylic acids is 1. The number of carbonyl (C=O) groups is 1. The van der Waals surface area contributed by atoms with Crippen LogP contribution in [-0.4, -0.2) is 31.2 Å². The fourth-order valence-electron chi connectivity index (χ4n) is 1.53. The third-order valence-corrected chi connectivity index (χ3v) is 2.36. The Hall–Kier alpha value is -0.610. The number of hydrogen-bond donors (Lipinski definition) is 2. The number of nitrogens with two attached hydrogens (primary N) is 1. The molecule has 1 rings (SSSR count). The highest BCUT2D eigenvalue weighted by atomic mass is 16.5. The smallest absolute Gasteiger partial charge is 0.220 e. The van der Waals surface area contributed by atoms with Crippen LogP contribution < -0.4 is 11.1 Å². The zero-order valence-corrected chi connectivity index (χ0v) is 8.79. The summed E-state index contributed by atoms with van der Waals surface area (Å²) in [5.74, 6) is 0.126. The van der Waals surface area contributed by atoms with Crippen molar-refractivity contribution in [3.05, 3.63) is 0 Å². The van der Waals surface area contributed by atoms with E-state index in [-0.39, 0.29) is 18.0 Å². The van der Waals surface area contributed by atoms with Crippen molar-refractivity contribution in [2.24, 2.45) is 5.73 Å². The number of nitrogens with one attached hydrogen (secondary N) is 1. The Morgan fingerprint density at radius 1 is 1.71 bits per heavy atom. The Balaban J connectivity index is 2.03. The highest BCUT2D eigenvalue weighted by Crippen LogP contribution is 2.04. The Kier molecular flexibility index (Phi) is 4.90. The van der Waals surface area contributed by atoms with Crippen LogP contribution in [-0.2, 0) is 9.53 Å². The van der Waals surface area contributed by atoms with Gasteiger partial charge in [0, 0.05) is 19.1 Å². The van der Waals surface area contributed by atoms with Crippen molar-refractivity contribution in [1.82, 2.24) is 5.32 Å². The van der Waals surface area contributed by atoms with E-state index in [1.807, 2.05) is 6.92 Å². The molecule has 0 aromatic carbocycles. The van der Waals surface area contributed by atoms with Gasteiger partial charge in [-0.25, -0.2) is 0 Å². The first-order valence-corrected chi connectivity index (χ1v) is 5.31.